The lowest BCUT2D eigenvalue weighted by Gasteiger charge is -2.16. The molecule has 2 aromatic carbocycles. The molecule has 7 nitrogen and oxygen atoms in total. The third kappa shape index (κ3) is 4.04. The maximum atomic E-state index is 12.3. The van der Waals surface area contributed by atoms with E-state index in [4.69, 9.17) is 30.5 Å². The Kier molecular flexibility index (Phi) is 5.34. The smallest absolute Gasteiger partial charge is 0.315 e. The standard InChI is InChI=1S/C20H21ClN2O5/c1-12(14-3-4-16-17(9-14)28-11-27-16)23-20(24)22-10-13-7-15(21)19-18(8-13)25-5-2-6-26-19/h3-4,7-9,12H,2,5-6,10-11H2,1H3,(H2,22,23,24). The zero-order valence-electron chi connectivity index (χ0n) is 15.4. The molecule has 2 N–H and O–H groups in total. The summed E-state index contributed by atoms with van der Waals surface area (Å²) in [5.74, 6) is 2.57. The maximum Gasteiger partial charge on any atom is 0.315 e. The summed E-state index contributed by atoms with van der Waals surface area (Å²) in [6, 6.07) is 8.76. The summed E-state index contributed by atoms with van der Waals surface area (Å²) in [6.07, 6.45) is 0.804. The van der Waals surface area contributed by atoms with Crippen molar-refractivity contribution in [3.63, 3.8) is 0 Å². The van der Waals surface area contributed by atoms with Gasteiger partial charge in [-0.15, -0.1) is 0 Å². The Balaban J connectivity index is 1.35. The maximum absolute atomic E-state index is 12.3. The lowest BCUT2D eigenvalue weighted by molar-refractivity contribution is 0.174. The molecule has 2 heterocycles. The van der Waals surface area contributed by atoms with Crippen LogP contribution in [0.25, 0.3) is 0 Å². The van der Waals surface area contributed by atoms with Crippen LogP contribution >= 0.6 is 11.6 Å². The van der Waals surface area contributed by atoms with Crippen LogP contribution in [-0.4, -0.2) is 26.0 Å². The molecule has 0 radical (unpaired) electrons. The number of fused-ring (bicyclic) bond motifs is 2. The number of ether oxygens (including phenoxy) is 4. The Labute approximate surface area is 167 Å². The molecule has 0 saturated heterocycles. The second-order valence-electron chi connectivity index (χ2n) is 6.62. The van der Waals surface area contributed by atoms with E-state index < -0.39 is 0 Å². The van der Waals surface area contributed by atoms with Crippen LogP contribution < -0.4 is 29.6 Å². The van der Waals surface area contributed by atoms with Gasteiger partial charge in [0.1, 0.15) is 0 Å². The zero-order valence-corrected chi connectivity index (χ0v) is 16.2. The lowest BCUT2D eigenvalue weighted by Crippen LogP contribution is -2.36. The second-order valence-corrected chi connectivity index (χ2v) is 7.02. The molecular formula is C20H21ClN2O5. The monoisotopic (exact) mass is 404 g/mol. The van der Waals surface area contributed by atoms with Gasteiger partial charge in [-0.3, -0.25) is 0 Å². The van der Waals surface area contributed by atoms with Gasteiger partial charge in [0.25, 0.3) is 0 Å². The fourth-order valence-corrected chi connectivity index (χ4v) is 3.37. The first kappa shape index (κ1) is 18.6. The van der Waals surface area contributed by atoms with Crippen LogP contribution in [-0.2, 0) is 6.54 Å². The van der Waals surface area contributed by atoms with Crippen molar-refractivity contribution in [2.24, 2.45) is 0 Å². The number of hydrogen-bond acceptors (Lipinski definition) is 5. The van der Waals surface area contributed by atoms with Crippen LogP contribution in [0.1, 0.15) is 30.5 Å². The number of carbonyl (C=O) groups excluding carboxylic acids is 1. The van der Waals surface area contributed by atoms with Crippen molar-refractivity contribution in [2.45, 2.75) is 25.9 Å². The van der Waals surface area contributed by atoms with Gasteiger partial charge in [0.15, 0.2) is 23.0 Å². The molecule has 28 heavy (non-hydrogen) atoms. The van der Waals surface area contributed by atoms with E-state index in [1.807, 2.05) is 31.2 Å². The highest BCUT2D eigenvalue weighted by atomic mass is 35.5. The highest BCUT2D eigenvalue weighted by Gasteiger charge is 2.18. The van der Waals surface area contributed by atoms with Crippen molar-refractivity contribution in [1.29, 1.82) is 0 Å². The van der Waals surface area contributed by atoms with Crippen LogP contribution in [0.15, 0.2) is 30.3 Å². The van der Waals surface area contributed by atoms with Crippen molar-refractivity contribution in [2.75, 3.05) is 20.0 Å². The number of halogens is 1. The quantitative estimate of drug-likeness (QED) is 0.810. The molecule has 0 aliphatic carbocycles. The highest BCUT2D eigenvalue weighted by Crippen LogP contribution is 2.38. The van der Waals surface area contributed by atoms with Crippen molar-refractivity contribution in [1.82, 2.24) is 10.6 Å². The minimum Gasteiger partial charge on any atom is -0.489 e. The van der Waals surface area contributed by atoms with Crippen molar-refractivity contribution in [3.8, 4) is 23.0 Å². The van der Waals surface area contributed by atoms with E-state index in [2.05, 4.69) is 10.6 Å². The van der Waals surface area contributed by atoms with Gasteiger partial charge < -0.3 is 29.6 Å². The largest absolute Gasteiger partial charge is 0.489 e. The average molecular weight is 405 g/mol. The highest BCUT2D eigenvalue weighted by molar-refractivity contribution is 6.32. The number of nitrogens with one attached hydrogen (secondary N) is 2. The number of carbonyl (C=O) groups is 1. The van der Waals surface area contributed by atoms with Crippen LogP contribution in [0.4, 0.5) is 4.79 Å². The summed E-state index contributed by atoms with van der Waals surface area (Å²) in [7, 11) is 0. The molecule has 1 atom stereocenters. The molecule has 0 fully saturated rings. The van der Waals surface area contributed by atoms with Gasteiger partial charge in [0.05, 0.1) is 24.3 Å². The molecule has 4 rings (SSSR count). The van der Waals surface area contributed by atoms with Crippen LogP contribution in [0.2, 0.25) is 5.02 Å². The van der Waals surface area contributed by atoms with E-state index in [0.29, 0.717) is 47.8 Å². The van der Waals surface area contributed by atoms with E-state index in [0.717, 1.165) is 17.5 Å². The topological polar surface area (TPSA) is 78.1 Å². The predicted molar refractivity (Wildman–Crippen MR) is 103 cm³/mol. The van der Waals surface area contributed by atoms with E-state index >= 15 is 0 Å². The summed E-state index contributed by atoms with van der Waals surface area (Å²) >= 11 is 6.29. The molecule has 0 saturated carbocycles. The normalized spacial score (nSPS) is 15.5. The van der Waals surface area contributed by atoms with Gasteiger partial charge in [-0.05, 0) is 42.3 Å². The molecule has 148 valence electrons. The lowest BCUT2D eigenvalue weighted by atomic mass is 10.1. The summed E-state index contributed by atoms with van der Waals surface area (Å²) < 4.78 is 22.0. The molecule has 2 aromatic rings. The van der Waals surface area contributed by atoms with Gasteiger partial charge in [-0.25, -0.2) is 4.79 Å². The van der Waals surface area contributed by atoms with Crippen molar-refractivity contribution in [3.05, 3.63) is 46.5 Å². The van der Waals surface area contributed by atoms with Crippen LogP contribution in [0, 0.1) is 0 Å². The molecule has 8 heteroatoms. The molecular weight excluding hydrogens is 384 g/mol. The van der Waals surface area contributed by atoms with E-state index in [1.54, 1.807) is 6.07 Å². The van der Waals surface area contributed by atoms with Gasteiger partial charge in [-0.2, -0.15) is 0 Å². The fraction of sp³-hybridized carbons (Fsp3) is 0.350. The predicted octanol–water partition coefficient (Wildman–Crippen LogP) is 3.79. The van der Waals surface area contributed by atoms with Gasteiger partial charge in [-0.1, -0.05) is 17.7 Å². The Morgan fingerprint density at radius 2 is 1.89 bits per heavy atom. The van der Waals surface area contributed by atoms with Crippen molar-refractivity contribution >= 4 is 17.6 Å². The van der Waals surface area contributed by atoms with Crippen molar-refractivity contribution < 1.29 is 23.7 Å². The first-order valence-electron chi connectivity index (χ1n) is 9.12. The number of hydrogen-bond donors (Lipinski definition) is 2. The van der Waals surface area contributed by atoms with E-state index in [-0.39, 0.29) is 18.9 Å². The second kappa shape index (κ2) is 8.06. The molecule has 0 aromatic heterocycles. The third-order valence-corrected chi connectivity index (χ3v) is 4.84. The molecule has 1 unspecified atom stereocenters. The summed E-state index contributed by atoms with van der Waals surface area (Å²) in [4.78, 5) is 12.3. The van der Waals surface area contributed by atoms with Gasteiger partial charge in [0, 0.05) is 13.0 Å². The van der Waals surface area contributed by atoms with E-state index in [9.17, 15) is 4.79 Å². The number of benzene rings is 2. The number of amides is 2. The first-order valence-corrected chi connectivity index (χ1v) is 9.50. The summed E-state index contributed by atoms with van der Waals surface area (Å²) in [6.45, 7) is 3.59. The minimum absolute atomic E-state index is 0.193. The SMILES string of the molecule is CC(NC(=O)NCc1cc(Cl)c2c(c1)OCCCO2)c1ccc2c(c1)OCO2. The number of urea groups is 1. The average Bonchev–Trinajstić information content (AvgIpc) is 3.02. The minimum atomic E-state index is -0.284. The van der Waals surface area contributed by atoms with Gasteiger partial charge in [0.2, 0.25) is 6.79 Å². The molecule has 2 amide bonds. The number of rotatable bonds is 4. The van der Waals surface area contributed by atoms with Gasteiger partial charge >= 0.3 is 6.03 Å². The first-order chi connectivity index (χ1) is 13.6. The Bertz CT molecular complexity index is 889. The molecule has 0 bridgehead atoms. The van der Waals surface area contributed by atoms with E-state index in [1.165, 1.54) is 0 Å². The molecule has 2 aliphatic rings. The molecule has 0 spiro atoms. The summed E-state index contributed by atoms with van der Waals surface area (Å²) in [5.41, 5.74) is 1.76. The van der Waals surface area contributed by atoms with Crippen LogP contribution in [0.3, 0.4) is 0 Å². The summed E-state index contributed by atoms with van der Waals surface area (Å²) in [5, 5.41) is 6.23. The Morgan fingerprint density at radius 1 is 1.07 bits per heavy atom. The van der Waals surface area contributed by atoms with Crippen LogP contribution in [0.5, 0.6) is 23.0 Å². The molecule has 2 aliphatic heterocycles. The third-order valence-electron chi connectivity index (χ3n) is 4.56. The zero-order chi connectivity index (χ0) is 19.5. The fourth-order valence-electron chi connectivity index (χ4n) is 3.08. The Hall–Kier alpha value is -2.80. The Morgan fingerprint density at radius 3 is 2.79 bits per heavy atom.